The second-order valence-electron chi connectivity index (χ2n) is 12.1. The van der Waals surface area contributed by atoms with E-state index in [1.54, 1.807) is 26.2 Å². The summed E-state index contributed by atoms with van der Waals surface area (Å²) in [6, 6.07) is 13.2. The average molecular weight is 597 g/mol. The Morgan fingerprint density at radius 2 is 1.86 bits per heavy atom. The largest absolute Gasteiger partial charge is 0.381 e. The number of methoxy groups -OCH3 is 2. The number of carbonyl (C=O) groups is 1. The molecule has 1 spiro atoms. The quantitative estimate of drug-likeness (QED) is 0.220. The van der Waals surface area contributed by atoms with Crippen LogP contribution in [0.25, 0.3) is 0 Å². The molecule has 0 N–H and O–H groups in total. The Hall–Kier alpha value is -2.56. The third-order valence-electron chi connectivity index (χ3n) is 9.06. The van der Waals surface area contributed by atoms with Crippen molar-refractivity contribution in [3.8, 4) is 0 Å². The summed E-state index contributed by atoms with van der Waals surface area (Å²) in [6.45, 7) is 11.5. The third kappa shape index (κ3) is 9.71. The van der Waals surface area contributed by atoms with Gasteiger partial charge in [-0.1, -0.05) is 38.1 Å². The van der Waals surface area contributed by atoms with E-state index in [0.717, 1.165) is 70.8 Å². The molecule has 2 fully saturated rings. The van der Waals surface area contributed by atoms with Gasteiger partial charge >= 0.3 is 0 Å². The minimum atomic E-state index is -0.417. The Kier molecular flexibility index (Phi) is 12.8. The van der Waals surface area contributed by atoms with Crippen molar-refractivity contribution in [2.75, 3.05) is 78.7 Å². The first-order chi connectivity index (χ1) is 20.8. The summed E-state index contributed by atoms with van der Waals surface area (Å²) in [7, 11) is 4.89. The van der Waals surface area contributed by atoms with Crippen LogP contribution in [0.5, 0.6) is 0 Å². The zero-order chi connectivity index (χ0) is 30.7. The molecule has 9 heteroatoms. The minimum absolute atomic E-state index is 0.0169. The third-order valence-corrected chi connectivity index (χ3v) is 9.06. The number of likely N-dealkylation sites (tertiary alicyclic amines) is 1. The highest BCUT2D eigenvalue weighted by Crippen LogP contribution is 2.33. The van der Waals surface area contributed by atoms with Crippen LogP contribution in [0.15, 0.2) is 42.6 Å². The predicted octanol–water partition coefficient (Wildman–Crippen LogP) is 4.49. The van der Waals surface area contributed by atoms with Crippen molar-refractivity contribution >= 4 is 11.7 Å². The Bertz CT molecular complexity index is 1140. The number of morpholine rings is 1. The number of pyridine rings is 1. The lowest BCUT2D eigenvalue weighted by Crippen LogP contribution is -2.57. The number of anilines is 1. The molecule has 3 heterocycles. The second-order valence-corrected chi connectivity index (χ2v) is 12.1. The fourth-order valence-corrected chi connectivity index (χ4v) is 5.97. The van der Waals surface area contributed by atoms with Crippen LogP contribution >= 0.6 is 0 Å². The Labute approximate surface area is 258 Å². The van der Waals surface area contributed by atoms with Crippen molar-refractivity contribution in [1.29, 1.82) is 0 Å². The molecule has 238 valence electrons. The maximum atomic E-state index is 12.3. The first-order valence-corrected chi connectivity index (χ1v) is 15.9. The van der Waals surface area contributed by atoms with Crippen LogP contribution in [0.2, 0.25) is 0 Å². The highest BCUT2D eigenvalue weighted by atomic mass is 16.7. The Morgan fingerprint density at radius 1 is 1.09 bits per heavy atom. The van der Waals surface area contributed by atoms with Crippen molar-refractivity contribution in [2.45, 2.75) is 70.3 Å². The van der Waals surface area contributed by atoms with E-state index in [9.17, 15) is 4.79 Å². The summed E-state index contributed by atoms with van der Waals surface area (Å²) in [5, 5.41) is 0. The SMILES string of the molecule is CCC(C)c1ccnc(N2CCOC3(CCN(Cc4cccc(CCOCCC(=O)N(C)CC(OC)OC)c4)CC3)C2)c1. The molecule has 2 saturated heterocycles. The Balaban J connectivity index is 1.19. The summed E-state index contributed by atoms with van der Waals surface area (Å²) >= 11 is 0. The van der Waals surface area contributed by atoms with E-state index in [1.165, 1.54) is 16.7 Å². The summed E-state index contributed by atoms with van der Waals surface area (Å²) in [6.07, 6.45) is 5.92. The van der Waals surface area contributed by atoms with Crippen LogP contribution in [0.1, 0.15) is 62.1 Å². The van der Waals surface area contributed by atoms with Crippen LogP contribution in [-0.2, 0) is 36.7 Å². The van der Waals surface area contributed by atoms with E-state index >= 15 is 0 Å². The number of piperidine rings is 1. The van der Waals surface area contributed by atoms with Crippen LogP contribution in [0.3, 0.4) is 0 Å². The van der Waals surface area contributed by atoms with Gasteiger partial charge in [0.25, 0.3) is 0 Å². The predicted molar refractivity (Wildman–Crippen MR) is 169 cm³/mol. The lowest BCUT2D eigenvalue weighted by Gasteiger charge is -2.47. The van der Waals surface area contributed by atoms with Gasteiger partial charge in [0.2, 0.25) is 5.91 Å². The fourth-order valence-electron chi connectivity index (χ4n) is 5.97. The number of ether oxygens (including phenoxy) is 4. The van der Waals surface area contributed by atoms with Crippen molar-refractivity contribution in [2.24, 2.45) is 0 Å². The normalized spacial score (nSPS) is 17.9. The second kappa shape index (κ2) is 16.5. The van der Waals surface area contributed by atoms with Crippen molar-refractivity contribution in [1.82, 2.24) is 14.8 Å². The first-order valence-electron chi connectivity index (χ1n) is 15.9. The van der Waals surface area contributed by atoms with Gasteiger partial charge in [-0.05, 0) is 60.4 Å². The van der Waals surface area contributed by atoms with Gasteiger partial charge in [0.15, 0.2) is 6.29 Å². The molecule has 43 heavy (non-hydrogen) atoms. The van der Waals surface area contributed by atoms with Crippen molar-refractivity contribution in [3.63, 3.8) is 0 Å². The van der Waals surface area contributed by atoms with E-state index in [4.69, 9.17) is 23.9 Å². The monoisotopic (exact) mass is 596 g/mol. The zero-order valence-electron chi connectivity index (χ0n) is 26.9. The molecule has 1 amide bonds. The molecule has 2 aromatic rings. The van der Waals surface area contributed by atoms with Crippen molar-refractivity contribution in [3.05, 3.63) is 59.3 Å². The summed E-state index contributed by atoms with van der Waals surface area (Å²) in [4.78, 5) is 23.6. The highest BCUT2D eigenvalue weighted by Gasteiger charge is 2.40. The van der Waals surface area contributed by atoms with E-state index in [1.807, 2.05) is 6.20 Å². The lowest BCUT2D eigenvalue weighted by molar-refractivity contribution is -0.143. The molecule has 0 radical (unpaired) electrons. The topological polar surface area (TPSA) is 76.6 Å². The number of amides is 1. The van der Waals surface area contributed by atoms with Gasteiger partial charge in [-0.15, -0.1) is 0 Å². The van der Waals surface area contributed by atoms with Gasteiger partial charge in [0, 0.05) is 60.2 Å². The number of carbonyl (C=O) groups excluding carboxylic acids is 1. The minimum Gasteiger partial charge on any atom is -0.381 e. The van der Waals surface area contributed by atoms with Crippen LogP contribution in [-0.4, -0.2) is 106 Å². The molecule has 2 aliphatic heterocycles. The van der Waals surface area contributed by atoms with Crippen LogP contribution < -0.4 is 4.90 Å². The number of benzene rings is 1. The van der Waals surface area contributed by atoms with Crippen LogP contribution in [0, 0.1) is 0 Å². The average Bonchev–Trinajstić information content (AvgIpc) is 3.04. The van der Waals surface area contributed by atoms with Gasteiger partial charge < -0.3 is 28.7 Å². The molecule has 1 aromatic heterocycles. The van der Waals surface area contributed by atoms with E-state index in [2.05, 4.69) is 60.0 Å². The van der Waals surface area contributed by atoms with E-state index in [0.29, 0.717) is 32.1 Å². The van der Waals surface area contributed by atoms with Gasteiger partial charge in [0.1, 0.15) is 5.82 Å². The lowest BCUT2D eigenvalue weighted by atomic mass is 9.89. The van der Waals surface area contributed by atoms with Crippen LogP contribution in [0.4, 0.5) is 5.82 Å². The first kappa shape index (κ1) is 33.3. The Morgan fingerprint density at radius 3 is 2.60 bits per heavy atom. The van der Waals surface area contributed by atoms with E-state index in [-0.39, 0.29) is 11.5 Å². The summed E-state index contributed by atoms with van der Waals surface area (Å²) < 4.78 is 22.6. The smallest absolute Gasteiger partial charge is 0.224 e. The molecule has 1 aromatic carbocycles. The molecular formula is C34H52N4O5. The molecule has 1 unspecified atom stereocenters. The van der Waals surface area contributed by atoms with E-state index < -0.39 is 6.29 Å². The molecule has 9 nitrogen and oxygen atoms in total. The van der Waals surface area contributed by atoms with Gasteiger partial charge in [-0.2, -0.15) is 0 Å². The number of hydrogen-bond donors (Lipinski definition) is 0. The number of rotatable bonds is 15. The summed E-state index contributed by atoms with van der Waals surface area (Å²) in [5.74, 6) is 1.65. The maximum Gasteiger partial charge on any atom is 0.224 e. The van der Waals surface area contributed by atoms with Gasteiger partial charge in [-0.25, -0.2) is 4.98 Å². The van der Waals surface area contributed by atoms with Gasteiger partial charge in [-0.3, -0.25) is 9.69 Å². The maximum absolute atomic E-state index is 12.3. The van der Waals surface area contributed by atoms with Gasteiger partial charge in [0.05, 0.1) is 38.4 Å². The molecular weight excluding hydrogens is 544 g/mol. The van der Waals surface area contributed by atoms with Crippen molar-refractivity contribution < 1.29 is 23.7 Å². The number of hydrogen-bond acceptors (Lipinski definition) is 8. The molecule has 1 atom stereocenters. The highest BCUT2D eigenvalue weighted by molar-refractivity contribution is 5.75. The number of likely N-dealkylation sites (N-methyl/N-ethyl adjacent to an activating group) is 1. The molecule has 2 aliphatic rings. The molecule has 4 rings (SSSR count). The number of aromatic nitrogens is 1. The summed E-state index contributed by atoms with van der Waals surface area (Å²) in [5.41, 5.74) is 3.87. The molecule has 0 saturated carbocycles. The molecule has 0 aliphatic carbocycles. The number of nitrogens with zero attached hydrogens (tertiary/aromatic N) is 4. The standard InChI is InChI=1S/C34H52N4O5/c1-6-27(2)30-10-15-35-31(23-30)38-18-21-43-34(26-38)13-16-37(17-14-34)24-29-9-7-8-28(22-29)11-19-42-20-12-32(39)36(3)25-33(40-4)41-5/h7-10,15,22-23,27,33H,6,11-14,16-21,24-26H2,1-5H3. The fraction of sp³-hybridized carbons (Fsp3) is 0.647. The zero-order valence-corrected chi connectivity index (χ0v) is 26.9. The molecule has 0 bridgehead atoms.